The molecule has 1 N–H and O–H groups in total. The Kier molecular flexibility index (Phi) is 4.73. The van der Waals surface area contributed by atoms with Crippen molar-refractivity contribution in [1.82, 2.24) is 29.9 Å². The summed E-state index contributed by atoms with van der Waals surface area (Å²) in [6.07, 6.45) is 3.80. The van der Waals surface area contributed by atoms with Crippen molar-refractivity contribution in [2.75, 3.05) is 18.4 Å². The van der Waals surface area contributed by atoms with Gasteiger partial charge in [-0.1, -0.05) is 13.8 Å². The van der Waals surface area contributed by atoms with Gasteiger partial charge >= 0.3 is 0 Å². The zero-order chi connectivity index (χ0) is 17.1. The van der Waals surface area contributed by atoms with Crippen molar-refractivity contribution >= 4 is 11.7 Å². The third kappa shape index (κ3) is 3.22. The van der Waals surface area contributed by atoms with Gasteiger partial charge in [-0.25, -0.2) is 9.67 Å². The van der Waals surface area contributed by atoms with Crippen molar-refractivity contribution in [1.29, 1.82) is 0 Å². The summed E-state index contributed by atoms with van der Waals surface area (Å²) < 4.78 is 1.65. The topological polar surface area (TPSA) is 88.8 Å². The highest BCUT2D eigenvalue weighted by Crippen LogP contribution is 2.24. The molecule has 0 aliphatic carbocycles. The standard InChI is InChI=1S/C16H23N7O/c1-4-18-14-7-12-8-22(6-5-13(12)20-21-14)16(24)15(11(2)3)23-10-17-9-19-23/h7,9-11,15H,4-6,8H2,1-3H3,(H,18,21). The van der Waals surface area contributed by atoms with E-state index in [0.29, 0.717) is 13.1 Å². The Hall–Kier alpha value is -2.51. The van der Waals surface area contributed by atoms with Gasteiger partial charge in [0.2, 0.25) is 5.91 Å². The van der Waals surface area contributed by atoms with E-state index in [0.717, 1.165) is 30.0 Å². The molecule has 1 aliphatic rings. The minimum absolute atomic E-state index is 0.0722. The van der Waals surface area contributed by atoms with Crippen molar-refractivity contribution in [2.24, 2.45) is 5.92 Å². The maximum atomic E-state index is 13.0. The number of amides is 1. The third-order valence-electron chi connectivity index (χ3n) is 4.22. The molecule has 0 fully saturated rings. The lowest BCUT2D eigenvalue weighted by Crippen LogP contribution is -2.42. The lowest BCUT2D eigenvalue weighted by atomic mass is 10.0. The van der Waals surface area contributed by atoms with Gasteiger partial charge < -0.3 is 10.2 Å². The van der Waals surface area contributed by atoms with E-state index < -0.39 is 0 Å². The Morgan fingerprint density at radius 3 is 2.88 bits per heavy atom. The molecule has 1 aliphatic heterocycles. The molecule has 1 unspecified atom stereocenters. The summed E-state index contributed by atoms with van der Waals surface area (Å²) in [4.78, 5) is 18.9. The van der Waals surface area contributed by atoms with E-state index >= 15 is 0 Å². The first-order valence-corrected chi connectivity index (χ1v) is 8.32. The van der Waals surface area contributed by atoms with Crippen LogP contribution < -0.4 is 5.32 Å². The second-order valence-corrected chi connectivity index (χ2v) is 6.31. The van der Waals surface area contributed by atoms with Crippen LogP contribution in [0.5, 0.6) is 0 Å². The number of nitrogens with one attached hydrogen (secondary N) is 1. The first-order chi connectivity index (χ1) is 11.6. The van der Waals surface area contributed by atoms with Crippen LogP contribution in [0.15, 0.2) is 18.7 Å². The van der Waals surface area contributed by atoms with Gasteiger partial charge in [-0.3, -0.25) is 4.79 Å². The number of fused-ring (bicyclic) bond motifs is 1. The van der Waals surface area contributed by atoms with E-state index in [1.165, 1.54) is 6.33 Å². The molecule has 1 amide bonds. The second kappa shape index (κ2) is 6.94. The second-order valence-electron chi connectivity index (χ2n) is 6.31. The molecule has 24 heavy (non-hydrogen) atoms. The van der Waals surface area contributed by atoms with Crippen LogP contribution in [-0.2, 0) is 17.8 Å². The summed E-state index contributed by atoms with van der Waals surface area (Å²) in [5, 5.41) is 15.8. The monoisotopic (exact) mass is 329 g/mol. The number of anilines is 1. The van der Waals surface area contributed by atoms with E-state index in [4.69, 9.17) is 0 Å². The first kappa shape index (κ1) is 16.4. The summed E-state index contributed by atoms with van der Waals surface area (Å²) in [5.41, 5.74) is 2.03. The van der Waals surface area contributed by atoms with E-state index in [2.05, 4.69) is 25.6 Å². The summed E-state index contributed by atoms with van der Waals surface area (Å²) in [5.74, 6) is 0.957. The summed E-state index contributed by atoms with van der Waals surface area (Å²) in [7, 11) is 0. The lowest BCUT2D eigenvalue weighted by Gasteiger charge is -2.32. The number of carbonyl (C=O) groups is 1. The van der Waals surface area contributed by atoms with Gasteiger partial charge in [0.15, 0.2) is 0 Å². The minimum atomic E-state index is -0.336. The third-order valence-corrected chi connectivity index (χ3v) is 4.22. The Bertz CT molecular complexity index is 698. The molecule has 3 heterocycles. The van der Waals surface area contributed by atoms with Gasteiger partial charge in [0.05, 0.1) is 5.69 Å². The smallest absolute Gasteiger partial charge is 0.248 e. The molecule has 8 heteroatoms. The maximum Gasteiger partial charge on any atom is 0.248 e. The van der Waals surface area contributed by atoms with E-state index in [1.54, 1.807) is 11.0 Å². The quantitative estimate of drug-likeness (QED) is 0.889. The van der Waals surface area contributed by atoms with E-state index in [9.17, 15) is 4.79 Å². The highest BCUT2D eigenvalue weighted by molar-refractivity contribution is 5.81. The van der Waals surface area contributed by atoms with Crippen molar-refractivity contribution in [3.05, 3.63) is 30.0 Å². The number of hydrogen-bond donors (Lipinski definition) is 1. The van der Waals surface area contributed by atoms with Gasteiger partial charge in [0, 0.05) is 26.1 Å². The summed E-state index contributed by atoms with van der Waals surface area (Å²) >= 11 is 0. The van der Waals surface area contributed by atoms with Crippen LogP contribution in [0.1, 0.15) is 38.1 Å². The number of aromatic nitrogens is 5. The van der Waals surface area contributed by atoms with E-state index in [1.807, 2.05) is 31.7 Å². The molecule has 2 aromatic rings. The van der Waals surface area contributed by atoms with Gasteiger partial charge in [-0.05, 0) is 24.5 Å². The zero-order valence-corrected chi connectivity index (χ0v) is 14.3. The van der Waals surface area contributed by atoms with Crippen molar-refractivity contribution in [2.45, 2.75) is 39.8 Å². The molecule has 2 aromatic heterocycles. The average molecular weight is 329 g/mol. The van der Waals surface area contributed by atoms with Crippen molar-refractivity contribution < 1.29 is 4.79 Å². The maximum absolute atomic E-state index is 13.0. The SMILES string of the molecule is CCNc1cc2c(nn1)CCN(C(=O)C(C(C)C)n1cncn1)C2. The first-order valence-electron chi connectivity index (χ1n) is 8.32. The lowest BCUT2D eigenvalue weighted by molar-refractivity contribution is -0.137. The van der Waals surface area contributed by atoms with Crippen molar-refractivity contribution in [3.63, 3.8) is 0 Å². The summed E-state index contributed by atoms with van der Waals surface area (Å²) in [6.45, 7) is 8.06. The molecule has 128 valence electrons. The minimum Gasteiger partial charge on any atom is -0.369 e. The van der Waals surface area contributed by atoms with Crippen LogP contribution in [0.4, 0.5) is 5.82 Å². The Labute approximate surface area is 141 Å². The molecular weight excluding hydrogens is 306 g/mol. The van der Waals surface area contributed by atoms with Crippen LogP contribution in [-0.4, -0.2) is 48.9 Å². The number of nitrogens with zero attached hydrogens (tertiary/aromatic N) is 6. The number of rotatable bonds is 5. The highest BCUT2D eigenvalue weighted by atomic mass is 16.2. The van der Waals surface area contributed by atoms with Crippen LogP contribution in [0.25, 0.3) is 0 Å². The van der Waals surface area contributed by atoms with Gasteiger partial charge in [0.1, 0.15) is 24.5 Å². The molecule has 0 saturated heterocycles. The van der Waals surface area contributed by atoms with Gasteiger partial charge in [-0.15, -0.1) is 5.10 Å². The molecule has 8 nitrogen and oxygen atoms in total. The molecule has 3 rings (SSSR count). The highest BCUT2D eigenvalue weighted by Gasteiger charge is 2.31. The molecule has 0 aromatic carbocycles. The Morgan fingerprint density at radius 1 is 1.38 bits per heavy atom. The van der Waals surface area contributed by atoms with Crippen molar-refractivity contribution in [3.8, 4) is 0 Å². The fourth-order valence-electron chi connectivity index (χ4n) is 3.04. The fraction of sp³-hybridized carbons (Fsp3) is 0.562. The zero-order valence-electron chi connectivity index (χ0n) is 14.3. The molecule has 0 spiro atoms. The molecule has 0 bridgehead atoms. The van der Waals surface area contributed by atoms with Gasteiger partial charge in [-0.2, -0.15) is 10.2 Å². The molecule has 1 atom stereocenters. The van der Waals surface area contributed by atoms with E-state index in [-0.39, 0.29) is 17.9 Å². The van der Waals surface area contributed by atoms with Crippen LogP contribution in [0, 0.1) is 5.92 Å². The predicted octanol–water partition coefficient (Wildman–Crippen LogP) is 1.28. The molecule has 0 radical (unpaired) electrons. The predicted molar refractivity (Wildman–Crippen MR) is 89.2 cm³/mol. The average Bonchev–Trinajstić information content (AvgIpc) is 3.08. The number of carbonyl (C=O) groups excluding carboxylic acids is 1. The van der Waals surface area contributed by atoms with Crippen LogP contribution in [0.2, 0.25) is 0 Å². The van der Waals surface area contributed by atoms with Crippen LogP contribution in [0.3, 0.4) is 0 Å². The summed E-state index contributed by atoms with van der Waals surface area (Å²) in [6, 6.07) is 1.66. The molecule has 0 saturated carbocycles. The normalized spacial score (nSPS) is 15.2. The Morgan fingerprint density at radius 2 is 2.21 bits per heavy atom. The van der Waals surface area contributed by atoms with Crippen LogP contribution >= 0.6 is 0 Å². The molecular formula is C16H23N7O. The number of hydrogen-bond acceptors (Lipinski definition) is 6. The fourth-order valence-corrected chi connectivity index (χ4v) is 3.04. The Balaban J connectivity index is 1.80. The largest absolute Gasteiger partial charge is 0.369 e. The van der Waals surface area contributed by atoms with Gasteiger partial charge in [0.25, 0.3) is 0 Å².